The van der Waals surface area contributed by atoms with Crippen molar-refractivity contribution in [2.45, 2.75) is 6.42 Å². The monoisotopic (exact) mass is 403 g/mol. The van der Waals surface area contributed by atoms with E-state index in [9.17, 15) is 14.9 Å². The third-order valence-corrected chi connectivity index (χ3v) is 4.79. The van der Waals surface area contributed by atoms with Crippen molar-refractivity contribution in [3.63, 3.8) is 0 Å². The summed E-state index contributed by atoms with van der Waals surface area (Å²) in [6, 6.07) is 11.6. The van der Waals surface area contributed by atoms with Crippen LogP contribution in [0.5, 0.6) is 5.75 Å². The molecule has 0 spiro atoms. The van der Waals surface area contributed by atoms with Gasteiger partial charge in [0.25, 0.3) is 11.6 Å². The van der Waals surface area contributed by atoms with Gasteiger partial charge in [-0.1, -0.05) is 23.7 Å². The molecule has 0 saturated carbocycles. The van der Waals surface area contributed by atoms with E-state index < -0.39 is 10.8 Å². The first kappa shape index (κ1) is 18.8. The lowest BCUT2D eigenvalue weighted by Gasteiger charge is -2.04. The van der Waals surface area contributed by atoms with E-state index in [2.05, 4.69) is 10.3 Å². The second-order valence-corrected chi connectivity index (χ2v) is 6.90. The number of halogens is 1. The molecule has 0 atom stereocenters. The Morgan fingerprint density at radius 3 is 2.70 bits per heavy atom. The third-order valence-electron chi connectivity index (χ3n) is 3.70. The van der Waals surface area contributed by atoms with Crippen LogP contribution < -0.4 is 10.1 Å². The number of nitro benzene ring substituents is 1. The van der Waals surface area contributed by atoms with Gasteiger partial charge in [0.05, 0.1) is 17.0 Å². The van der Waals surface area contributed by atoms with Crippen LogP contribution in [0.25, 0.3) is 0 Å². The summed E-state index contributed by atoms with van der Waals surface area (Å²) >= 11 is 7.13. The van der Waals surface area contributed by atoms with Gasteiger partial charge >= 0.3 is 0 Å². The quantitative estimate of drug-likeness (QED) is 0.481. The van der Waals surface area contributed by atoms with Gasteiger partial charge < -0.3 is 10.1 Å². The maximum Gasteiger partial charge on any atom is 0.294 e. The van der Waals surface area contributed by atoms with Gasteiger partial charge in [0.2, 0.25) is 0 Å². The lowest BCUT2D eigenvalue weighted by atomic mass is 10.1. The number of ether oxygens (including phenoxy) is 1. The molecule has 0 aliphatic carbocycles. The topological polar surface area (TPSA) is 94.4 Å². The molecule has 0 fully saturated rings. The van der Waals surface area contributed by atoms with Gasteiger partial charge in [-0.2, -0.15) is 0 Å². The number of methoxy groups -OCH3 is 1. The molecule has 0 aliphatic rings. The van der Waals surface area contributed by atoms with Crippen molar-refractivity contribution in [2.75, 3.05) is 12.4 Å². The van der Waals surface area contributed by atoms with Crippen LogP contribution in [-0.4, -0.2) is 22.9 Å². The number of amides is 1. The minimum Gasteiger partial charge on any atom is -0.497 e. The number of anilines is 1. The van der Waals surface area contributed by atoms with Gasteiger partial charge in [-0.05, 0) is 29.8 Å². The molecule has 0 saturated heterocycles. The number of benzene rings is 2. The first-order chi connectivity index (χ1) is 13.0. The fourth-order valence-corrected chi connectivity index (χ4v) is 3.34. The maximum absolute atomic E-state index is 12.4. The Balaban J connectivity index is 1.72. The van der Waals surface area contributed by atoms with Gasteiger partial charge in [-0.15, -0.1) is 11.3 Å². The number of carbonyl (C=O) groups excluding carboxylic acids is 1. The van der Waals surface area contributed by atoms with E-state index in [-0.39, 0.29) is 22.1 Å². The Bertz CT molecular complexity index is 989. The number of rotatable bonds is 6. The number of thiazole rings is 1. The molecule has 1 N–H and O–H groups in total. The van der Waals surface area contributed by atoms with Crippen molar-refractivity contribution < 1.29 is 14.5 Å². The maximum atomic E-state index is 12.4. The van der Waals surface area contributed by atoms with Gasteiger partial charge in [0, 0.05) is 22.9 Å². The summed E-state index contributed by atoms with van der Waals surface area (Å²) in [6.45, 7) is 0. The summed E-state index contributed by atoms with van der Waals surface area (Å²) < 4.78 is 5.12. The minimum atomic E-state index is -0.600. The first-order valence-electron chi connectivity index (χ1n) is 7.79. The van der Waals surface area contributed by atoms with Crippen LogP contribution in [0, 0.1) is 10.1 Å². The highest BCUT2D eigenvalue weighted by atomic mass is 35.5. The molecule has 138 valence electrons. The van der Waals surface area contributed by atoms with Crippen LogP contribution in [0.4, 0.5) is 11.4 Å². The van der Waals surface area contributed by atoms with Crippen LogP contribution in [0.3, 0.4) is 0 Å². The highest BCUT2D eigenvalue weighted by molar-refractivity contribution is 7.09. The van der Waals surface area contributed by atoms with Crippen LogP contribution in [0.1, 0.15) is 21.1 Å². The third kappa shape index (κ3) is 4.60. The molecule has 2 aromatic carbocycles. The normalized spacial score (nSPS) is 10.4. The zero-order chi connectivity index (χ0) is 19.4. The van der Waals surface area contributed by atoms with Crippen molar-refractivity contribution in [1.82, 2.24) is 4.98 Å². The van der Waals surface area contributed by atoms with Crippen LogP contribution in [0.2, 0.25) is 5.02 Å². The van der Waals surface area contributed by atoms with Crippen molar-refractivity contribution in [3.8, 4) is 5.75 Å². The van der Waals surface area contributed by atoms with E-state index in [0.717, 1.165) is 16.3 Å². The fraction of sp³-hybridized carbons (Fsp3) is 0.111. The Hall–Kier alpha value is -2.97. The number of nitro groups is 1. The Labute approximate surface area is 163 Å². The van der Waals surface area contributed by atoms with Gasteiger partial charge in [-0.3, -0.25) is 14.9 Å². The summed E-state index contributed by atoms with van der Waals surface area (Å²) in [5.41, 5.74) is 1.03. The molecule has 7 nitrogen and oxygen atoms in total. The lowest BCUT2D eigenvalue weighted by Crippen LogP contribution is -2.13. The predicted molar refractivity (Wildman–Crippen MR) is 104 cm³/mol. The fourth-order valence-electron chi connectivity index (χ4n) is 2.36. The SMILES string of the molecule is COc1ccc(Cc2nc(C(=O)Nc3ccc(Cl)cc3[N+](=O)[O-])cs2)cc1. The molecule has 0 bridgehead atoms. The number of hydrogen-bond acceptors (Lipinski definition) is 6. The Morgan fingerprint density at radius 1 is 1.30 bits per heavy atom. The lowest BCUT2D eigenvalue weighted by molar-refractivity contribution is -0.383. The van der Waals surface area contributed by atoms with Gasteiger partial charge in [0.15, 0.2) is 0 Å². The highest BCUT2D eigenvalue weighted by Crippen LogP contribution is 2.28. The van der Waals surface area contributed by atoms with E-state index >= 15 is 0 Å². The summed E-state index contributed by atoms with van der Waals surface area (Å²) in [5.74, 6) is 0.250. The van der Waals surface area contributed by atoms with Gasteiger partial charge in [0.1, 0.15) is 17.1 Å². The Morgan fingerprint density at radius 2 is 2.04 bits per heavy atom. The van der Waals surface area contributed by atoms with Crippen LogP contribution >= 0.6 is 22.9 Å². The number of aromatic nitrogens is 1. The summed E-state index contributed by atoms with van der Waals surface area (Å²) in [5, 5.41) is 16.2. The summed E-state index contributed by atoms with van der Waals surface area (Å²) in [6.07, 6.45) is 0.572. The van der Waals surface area contributed by atoms with Crippen molar-refractivity contribution >= 4 is 40.2 Å². The molecular formula is C18H14ClN3O4S. The number of hydrogen-bond donors (Lipinski definition) is 1. The van der Waals surface area contributed by atoms with E-state index in [1.807, 2.05) is 24.3 Å². The molecule has 0 aliphatic heterocycles. The van der Waals surface area contributed by atoms with E-state index in [1.54, 1.807) is 12.5 Å². The van der Waals surface area contributed by atoms with E-state index in [0.29, 0.717) is 6.42 Å². The predicted octanol–water partition coefficient (Wildman–Crippen LogP) is 4.56. The number of nitrogens with one attached hydrogen (secondary N) is 1. The number of carbonyl (C=O) groups is 1. The van der Waals surface area contributed by atoms with Crippen molar-refractivity contribution in [2.24, 2.45) is 0 Å². The molecule has 1 amide bonds. The molecular weight excluding hydrogens is 390 g/mol. The summed E-state index contributed by atoms with van der Waals surface area (Å²) in [7, 11) is 1.60. The molecule has 27 heavy (non-hydrogen) atoms. The van der Waals surface area contributed by atoms with Crippen molar-refractivity contribution in [3.05, 3.63) is 79.2 Å². The zero-order valence-corrected chi connectivity index (χ0v) is 15.7. The molecule has 3 rings (SSSR count). The Kier molecular flexibility index (Phi) is 5.68. The van der Waals surface area contributed by atoms with Crippen LogP contribution in [-0.2, 0) is 6.42 Å². The molecule has 1 aromatic heterocycles. The summed E-state index contributed by atoms with van der Waals surface area (Å²) in [4.78, 5) is 27.2. The number of nitrogens with zero attached hydrogens (tertiary/aromatic N) is 2. The zero-order valence-electron chi connectivity index (χ0n) is 14.1. The molecule has 3 aromatic rings. The highest BCUT2D eigenvalue weighted by Gasteiger charge is 2.19. The molecule has 9 heteroatoms. The second kappa shape index (κ2) is 8.15. The van der Waals surface area contributed by atoms with Crippen LogP contribution in [0.15, 0.2) is 47.8 Å². The average Bonchev–Trinajstić information content (AvgIpc) is 3.12. The standard InChI is InChI=1S/C18H14ClN3O4S/c1-26-13-5-2-11(3-6-13)8-17-20-15(10-27-17)18(23)21-14-7-4-12(19)9-16(14)22(24)25/h2-7,9-10H,8H2,1H3,(H,21,23). The first-order valence-corrected chi connectivity index (χ1v) is 9.04. The van der Waals surface area contributed by atoms with Crippen molar-refractivity contribution in [1.29, 1.82) is 0 Å². The minimum absolute atomic E-state index is 0.0686. The molecule has 0 radical (unpaired) electrons. The smallest absolute Gasteiger partial charge is 0.294 e. The van der Waals surface area contributed by atoms with E-state index in [1.165, 1.54) is 29.5 Å². The largest absolute Gasteiger partial charge is 0.497 e. The average molecular weight is 404 g/mol. The second-order valence-electron chi connectivity index (χ2n) is 5.52. The molecule has 1 heterocycles. The molecule has 0 unspecified atom stereocenters. The van der Waals surface area contributed by atoms with Gasteiger partial charge in [-0.25, -0.2) is 4.98 Å². The van der Waals surface area contributed by atoms with E-state index in [4.69, 9.17) is 16.3 Å².